The van der Waals surface area contributed by atoms with Gasteiger partial charge in [0.1, 0.15) is 0 Å². The number of aliphatic hydroxyl groups excluding tert-OH is 1. The summed E-state index contributed by atoms with van der Waals surface area (Å²) in [7, 11) is 0. The predicted octanol–water partition coefficient (Wildman–Crippen LogP) is 1.63. The van der Waals surface area contributed by atoms with Gasteiger partial charge in [0, 0.05) is 37.8 Å². The third-order valence-corrected chi connectivity index (χ3v) is 4.54. The average Bonchev–Trinajstić information content (AvgIpc) is 2.39. The van der Waals surface area contributed by atoms with Crippen molar-refractivity contribution in [3.63, 3.8) is 0 Å². The van der Waals surface area contributed by atoms with Crippen LogP contribution in [0.4, 0.5) is 0 Å². The van der Waals surface area contributed by atoms with E-state index in [4.69, 9.17) is 4.74 Å². The van der Waals surface area contributed by atoms with Gasteiger partial charge in [-0.2, -0.15) is 0 Å². The molecule has 2 heterocycles. The van der Waals surface area contributed by atoms with Gasteiger partial charge in [-0.3, -0.25) is 4.90 Å². The second-order valence-corrected chi connectivity index (χ2v) is 5.51. The Labute approximate surface area is 108 Å². The fraction of sp³-hybridized carbons (Fsp3) is 0.600. The summed E-state index contributed by atoms with van der Waals surface area (Å²) < 4.78 is 5.42. The van der Waals surface area contributed by atoms with E-state index in [0.717, 1.165) is 39.1 Å². The molecular formula is C15H21NO2. The number of aliphatic hydroxyl groups is 1. The molecule has 0 atom stereocenters. The lowest BCUT2D eigenvalue weighted by atomic mass is 9.81. The van der Waals surface area contributed by atoms with E-state index >= 15 is 0 Å². The molecule has 2 aliphatic heterocycles. The Balaban J connectivity index is 1.64. The van der Waals surface area contributed by atoms with Crippen LogP contribution in [0.1, 0.15) is 24.3 Å². The summed E-state index contributed by atoms with van der Waals surface area (Å²) in [5.41, 5.74) is 1.41. The number of likely N-dealkylation sites (tertiary alicyclic amines) is 1. The monoisotopic (exact) mass is 247 g/mol. The van der Waals surface area contributed by atoms with Crippen LogP contribution in [0.3, 0.4) is 0 Å². The quantitative estimate of drug-likeness (QED) is 0.881. The maximum absolute atomic E-state index is 9.74. The van der Waals surface area contributed by atoms with Gasteiger partial charge in [-0.1, -0.05) is 30.3 Å². The standard InChI is InChI=1S/C15H21NO2/c17-12-15(6-8-18-9-7-15)16-10-14(11-16)13-4-2-1-3-5-13/h1-5,14,17H,6-12H2. The van der Waals surface area contributed by atoms with Crippen molar-refractivity contribution >= 4 is 0 Å². The van der Waals surface area contributed by atoms with E-state index < -0.39 is 0 Å². The Morgan fingerprint density at radius 2 is 1.83 bits per heavy atom. The molecule has 3 rings (SSSR count). The topological polar surface area (TPSA) is 32.7 Å². The van der Waals surface area contributed by atoms with Gasteiger partial charge < -0.3 is 9.84 Å². The van der Waals surface area contributed by atoms with Crippen molar-refractivity contribution in [2.24, 2.45) is 0 Å². The maximum atomic E-state index is 9.74. The number of benzene rings is 1. The molecule has 1 N–H and O–H groups in total. The van der Waals surface area contributed by atoms with Gasteiger partial charge >= 0.3 is 0 Å². The number of hydrogen-bond donors (Lipinski definition) is 1. The lowest BCUT2D eigenvalue weighted by molar-refractivity contribution is -0.0879. The average molecular weight is 247 g/mol. The van der Waals surface area contributed by atoms with Crippen LogP contribution in [-0.2, 0) is 4.74 Å². The number of nitrogens with zero attached hydrogens (tertiary/aromatic N) is 1. The highest BCUT2D eigenvalue weighted by atomic mass is 16.5. The molecule has 0 aliphatic carbocycles. The third-order valence-electron chi connectivity index (χ3n) is 4.54. The summed E-state index contributed by atoms with van der Waals surface area (Å²) in [6.45, 7) is 3.98. The fourth-order valence-corrected chi connectivity index (χ4v) is 3.13. The van der Waals surface area contributed by atoms with E-state index in [2.05, 4.69) is 35.2 Å². The molecule has 2 fully saturated rings. The Hall–Kier alpha value is -0.900. The molecule has 1 aromatic carbocycles. The Kier molecular flexibility index (Phi) is 3.37. The highest BCUT2D eigenvalue weighted by molar-refractivity contribution is 5.23. The van der Waals surface area contributed by atoms with Crippen LogP contribution in [0.15, 0.2) is 30.3 Å². The van der Waals surface area contributed by atoms with Crippen molar-refractivity contribution in [3.05, 3.63) is 35.9 Å². The van der Waals surface area contributed by atoms with Gasteiger partial charge in [0.2, 0.25) is 0 Å². The molecule has 0 unspecified atom stereocenters. The summed E-state index contributed by atoms with van der Waals surface area (Å²) in [5, 5.41) is 9.74. The van der Waals surface area contributed by atoms with Crippen molar-refractivity contribution in [1.82, 2.24) is 4.90 Å². The Morgan fingerprint density at radius 3 is 2.44 bits per heavy atom. The van der Waals surface area contributed by atoms with Crippen molar-refractivity contribution in [2.75, 3.05) is 32.9 Å². The van der Waals surface area contributed by atoms with Crippen LogP contribution < -0.4 is 0 Å². The number of ether oxygens (including phenoxy) is 1. The van der Waals surface area contributed by atoms with E-state index in [0.29, 0.717) is 5.92 Å². The van der Waals surface area contributed by atoms with E-state index in [-0.39, 0.29) is 12.1 Å². The zero-order valence-corrected chi connectivity index (χ0v) is 10.7. The predicted molar refractivity (Wildman–Crippen MR) is 70.6 cm³/mol. The van der Waals surface area contributed by atoms with Crippen LogP contribution in [-0.4, -0.2) is 48.5 Å². The smallest absolute Gasteiger partial charge is 0.0617 e. The first-order chi connectivity index (χ1) is 8.84. The van der Waals surface area contributed by atoms with Crippen LogP contribution in [0.5, 0.6) is 0 Å². The van der Waals surface area contributed by atoms with E-state index in [1.54, 1.807) is 0 Å². The molecule has 0 saturated carbocycles. The lowest BCUT2D eigenvalue weighted by Crippen LogP contribution is -2.62. The van der Waals surface area contributed by atoms with Crippen molar-refractivity contribution in [2.45, 2.75) is 24.3 Å². The van der Waals surface area contributed by atoms with Gasteiger partial charge in [-0.05, 0) is 18.4 Å². The summed E-state index contributed by atoms with van der Waals surface area (Å²) in [4.78, 5) is 2.45. The van der Waals surface area contributed by atoms with Gasteiger partial charge in [0.15, 0.2) is 0 Å². The number of rotatable bonds is 3. The first kappa shape index (κ1) is 12.2. The second kappa shape index (κ2) is 5.00. The lowest BCUT2D eigenvalue weighted by Gasteiger charge is -2.53. The molecule has 0 amide bonds. The van der Waals surface area contributed by atoms with Crippen LogP contribution in [0.25, 0.3) is 0 Å². The van der Waals surface area contributed by atoms with Crippen molar-refractivity contribution in [3.8, 4) is 0 Å². The molecule has 0 spiro atoms. The van der Waals surface area contributed by atoms with Crippen molar-refractivity contribution in [1.29, 1.82) is 0 Å². The minimum absolute atomic E-state index is 0.0104. The molecule has 3 nitrogen and oxygen atoms in total. The molecule has 3 heteroatoms. The second-order valence-electron chi connectivity index (χ2n) is 5.51. The highest BCUT2D eigenvalue weighted by Crippen LogP contribution is 2.37. The maximum Gasteiger partial charge on any atom is 0.0617 e. The molecule has 2 saturated heterocycles. The minimum atomic E-state index is -0.0104. The molecule has 18 heavy (non-hydrogen) atoms. The molecular weight excluding hydrogens is 226 g/mol. The molecule has 0 radical (unpaired) electrons. The fourth-order valence-electron chi connectivity index (χ4n) is 3.13. The van der Waals surface area contributed by atoms with E-state index in [1.165, 1.54) is 5.56 Å². The summed E-state index contributed by atoms with van der Waals surface area (Å²) in [6, 6.07) is 10.7. The van der Waals surface area contributed by atoms with Crippen LogP contribution >= 0.6 is 0 Å². The van der Waals surface area contributed by atoms with Gasteiger partial charge in [-0.15, -0.1) is 0 Å². The first-order valence-corrected chi connectivity index (χ1v) is 6.83. The van der Waals surface area contributed by atoms with Gasteiger partial charge in [-0.25, -0.2) is 0 Å². The highest BCUT2D eigenvalue weighted by Gasteiger charge is 2.44. The zero-order chi connectivity index (χ0) is 12.4. The molecule has 2 aliphatic rings. The molecule has 98 valence electrons. The molecule has 0 bridgehead atoms. The third kappa shape index (κ3) is 2.07. The molecule has 0 aromatic heterocycles. The van der Waals surface area contributed by atoms with Crippen LogP contribution in [0.2, 0.25) is 0 Å². The summed E-state index contributed by atoms with van der Waals surface area (Å²) in [6.07, 6.45) is 1.93. The zero-order valence-electron chi connectivity index (χ0n) is 10.7. The van der Waals surface area contributed by atoms with Crippen molar-refractivity contribution < 1.29 is 9.84 Å². The largest absolute Gasteiger partial charge is 0.394 e. The normalized spacial score (nSPS) is 24.7. The van der Waals surface area contributed by atoms with Gasteiger partial charge in [0.05, 0.1) is 6.61 Å². The first-order valence-electron chi connectivity index (χ1n) is 6.83. The van der Waals surface area contributed by atoms with Gasteiger partial charge in [0.25, 0.3) is 0 Å². The van der Waals surface area contributed by atoms with E-state index in [1.807, 2.05) is 0 Å². The Bertz CT molecular complexity index is 381. The van der Waals surface area contributed by atoms with E-state index in [9.17, 15) is 5.11 Å². The SMILES string of the molecule is OCC1(N2CC(c3ccccc3)C2)CCOCC1. The van der Waals surface area contributed by atoms with Crippen LogP contribution in [0, 0.1) is 0 Å². The number of hydrogen-bond acceptors (Lipinski definition) is 3. The molecule has 1 aromatic rings. The summed E-state index contributed by atoms with van der Waals surface area (Å²) in [5.74, 6) is 0.637. The minimum Gasteiger partial charge on any atom is -0.394 e. The summed E-state index contributed by atoms with van der Waals surface area (Å²) >= 11 is 0. The Morgan fingerprint density at radius 1 is 1.17 bits per heavy atom.